The lowest BCUT2D eigenvalue weighted by molar-refractivity contribution is -0.117. The van der Waals surface area contributed by atoms with Crippen molar-refractivity contribution in [1.29, 1.82) is 0 Å². The Kier molecular flexibility index (Phi) is 7.09. The molecule has 0 spiro atoms. The maximum atomic E-state index is 13.8. The molecule has 1 aromatic heterocycles. The number of likely N-dealkylation sites (tertiary alicyclic amines) is 1. The third-order valence-corrected chi connectivity index (χ3v) is 6.04. The molecule has 0 aliphatic carbocycles. The summed E-state index contributed by atoms with van der Waals surface area (Å²) < 4.78 is 26.8. The molecule has 4 rings (SSSR count). The summed E-state index contributed by atoms with van der Waals surface area (Å²) in [7, 11) is 0. The van der Waals surface area contributed by atoms with Gasteiger partial charge in [0, 0.05) is 51.5 Å². The van der Waals surface area contributed by atoms with Gasteiger partial charge < -0.3 is 10.2 Å². The lowest BCUT2D eigenvalue weighted by Gasteiger charge is -2.39. The van der Waals surface area contributed by atoms with Crippen molar-refractivity contribution in [3.8, 4) is 0 Å². The Morgan fingerprint density at radius 2 is 1.90 bits per heavy atom. The minimum absolute atomic E-state index is 0.0192. The number of piperazine rings is 1. The molecular weight excluding hydrogens is 400 g/mol. The zero-order valence-electron chi connectivity index (χ0n) is 17.6. The first-order valence-corrected chi connectivity index (χ1v) is 10.9. The Morgan fingerprint density at radius 3 is 2.65 bits per heavy atom. The summed E-state index contributed by atoms with van der Waals surface area (Å²) in [5, 5.41) is 2.56. The van der Waals surface area contributed by atoms with Gasteiger partial charge in [-0.2, -0.15) is 0 Å². The molecule has 31 heavy (non-hydrogen) atoms. The second-order valence-corrected chi connectivity index (χ2v) is 8.39. The van der Waals surface area contributed by atoms with Crippen LogP contribution in [0.2, 0.25) is 0 Å². The van der Waals surface area contributed by atoms with Crippen LogP contribution in [0.25, 0.3) is 0 Å². The van der Waals surface area contributed by atoms with Crippen molar-refractivity contribution in [3.05, 3.63) is 54.2 Å². The molecule has 1 amide bonds. The maximum Gasteiger partial charge on any atom is 0.238 e. The number of aromatic nitrogens is 1. The van der Waals surface area contributed by atoms with Crippen molar-refractivity contribution in [1.82, 2.24) is 14.8 Å². The predicted molar refractivity (Wildman–Crippen MR) is 117 cm³/mol. The van der Waals surface area contributed by atoms with Crippen LogP contribution in [-0.2, 0) is 4.79 Å². The van der Waals surface area contributed by atoms with Gasteiger partial charge in [0.05, 0.1) is 12.2 Å². The van der Waals surface area contributed by atoms with E-state index >= 15 is 0 Å². The van der Waals surface area contributed by atoms with E-state index in [2.05, 4.69) is 31.1 Å². The Hall–Kier alpha value is -2.58. The molecule has 1 aromatic carbocycles. The largest absolute Gasteiger partial charge is 0.354 e. The van der Waals surface area contributed by atoms with Crippen LogP contribution in [-0.4, -0.2) is 73.0 Å². The van der Waals surface area contributed by atoms with Gasteiger partial charge in [-0.1, -0.05) is 6.07 Å². The number of nitrogens with zero attached hydrogens (tertiary/aromatic N) is 4. The fraction of sp³-hybridized carbons (Fsp3) is 0.478. The van der Waals surface area contributed by atoms with Crippen LogP contribution < -0.4 is 10.2 Å². The SMILES string of the molecule is O=C(CN1CCCC(CN2CCN(c3ccccn3)CC2)C1)Nc1ccc(F)cc1F. The van der Waals surface area contributed by atoms with Gasteiger partial charge in [0.2, 0.25) is 5.91 Å². The van der Waals surface area contributed by atoms with Gasteiger partial charge in [-0.25, -0.2) is 13.8 Å². The molecule has 0 saturated carbocycles. The average Bonchev–Trinajstić information content (AvgIpc) is 2.77. The smallest absolute Gasteiger partial charge is 0.238 e. The van der Waals surface area contributed by atoms with E-state index < -0.39 is 11.6 Å². The van der Waals surface area contributed by atoms with Crippen LogP contribution in [0.4, 0.5) is 20.3 Å². The standard InChI is InChI=1S/C23H29F2N5O/c24-19-6-7-21(20(25)14-19)27-23(31)17-29-9-3-4-18(16-29)15-28-10-12-30(13-11-28)22-5-1-2-8-26-22/h1-2,5-8,14,18H,3-4,9-13,15-17H2,(H,27,31). The highest BCUT2D eigenvalue weighted by atomic mass is 19.1. The van der Waals surface area contributed by atoms with Crippen molar-refractivity contribution in [2.75, 3.05) is 62.6 Å². The van der Waals surface area contributed by atoms with Crippen LogP contribution in [0.3, 0.4) is 0 Å². The fourth-order valence-corrected chi connectivity index (χ4v) is 4.49. The third-order valence-electron chi connectivity index (χ3n) is 6.04. The Bertz CT molecular complexity index is 874. The number of rotatable bonds is 6. The molecule has 2 saturated heterocycles. The normalized spacial score (nSPS) is 20.6. The summed E-state index contributed by atoms with van der Waals surface area (Å²) in [6, 6.07) is 9.18. The first-order valence-electron chi connectivity index (χ1n) is 10.9. The highest BCUT2D eigenvalue weighted by molar-refractivity contribution is 5.92. The molecular formula is C23H29F2N5O. The van der Waals surface area contributed by atoms with Crippen LogP contribution in [0.1, 0.15) is 12.8 Å². The quantitative estimate of drug-likeness (QED) is 0.765. The summed E-state index contributed by atoms with van der Waals surface area (Å²) >= 11 is 0. The zero-order chi connectivity index (χ0) is 21.6. The number of hydrogen-bond donors (Lipinski definition) is 1. The number of carbonyl (C=O) groups excluding carboxylic acids is 1. The highest BCUT2D eigenvalue weighted by Gasteiger charge is 2.26. The number of piperidine rings is 1. The van der Waals surface area contributed by atoms with Crippen molar-refractivity contribution in [2.24, 2.45) is 5.92 Å². The van der Waals surface area contributed by atoms with E-state index in [1.165, 1.54) is 6.07 Å². The van der Waals surface area contributed by atoms with Crippen LogP contribution >= 0.6 is 0 Å². The van der Waals surface area contributed by atoms with Crippen LogP contribution in [0, 0.1) is 17.6 Å². The Morgan fingerprint density at radius 1 is 1.06 bits per heavy atom. The molecule has 1 N–H and O–H groups in total. The summed E-state index contributed by atoms with van der Waals surface area (Å²) in [6.07, 6.45) is 4.04. The fourth-order valence-electron chi connectivity index (χ4n) is 4.49. The molecule has 2 aliphatic rings. The number of pyridine rings is 1. The van der Waals surface area contributed by atoms with Crippen LogP contribution in [0.5, 0.6) is 0 Å². The van der Waals surface area contributed by atoms with E-state index in [1.54, 1.807) is 0 Å². The van der Waals surface area contributed by atoms with E-state index in [0.29, 0.717) is 5.92 Å². The minimum atomic E-state index is -0.755. The molecule has 2 aliphatic heterocycles. The maximum absolute atomic E-state index is 13.8. The molecule has 2 fully saturated rings. The molecule has 0 radical (unpaired) electrons. The van der Waals surface area contributed by atoms with E-state index in [4.69, 9.17) is 0 Å². The van der Waals surface area contributed by atoms with Gasteiger partial charge in [0.1, 0.15) is 17.5 Å². The number of hydrogen-bond acceptors (Lipinski definition) is 5. The van der Waals surface area contributed by atoms with Crippen LogP contribution in [0.15, 0.2) is 42.6 Å². The van der Waals surface area contributed by atoms with E-state index in [9.17, 15) is 13.6 Å². The first kappa shape index (κ1) is 21.6. The number of nitrogens with one attached hydrogen (secondary N) is 1. The van der Waals surface area contributed by atoms with E-state index in [-0.39, 0.29) is 18.1 Å². The first-order chi connectivity index (χ1) is 15.1. The topological polar surface area (TPSA) is 51.7 Å². The van der Waals surface area contributed by atoms with Gasteiger partial charge in [-0.3, -0.25) is 14.6 Å². The summed E-state index contributed by atoms with van der Waals surface area (Å²) in [5.74, 6) is -0.125. The van der Waals surface area contributed by atoms with Gasteiger partial charge in [0.25, 0.3) is 0 Å². The van der Waals surface area contributed by atoms with Crippen molar-refractivity contribution in [3.63, 3.8) is 0 Å². The molecule has 3 heterocycles. The lowest BCUT2D eigenvalue weighted by atomic mass is 9.97. The lowest BCUT2D eigenvalue weighted by Crippen LogP contribution is -2.50. The van der Waals surface area contributed by atoms with Gasteiger partial charge >= 0.3 is 0 Å². The summed E-state index contributed by atoms with van der Waals surface area (Å²) in [4.78, 5) is 23.7. The molecule has 1 atom stereocenters. The molecule has 1 unspecified atom stereocenters. The number of benzene rings is 1. The molecule has 0 bridgehead atoms. The minimum Gasteiger partial charge on any atom is -0.354 e. The van der Waals surface area contributed by atoms with Gasteiger partial charge in [0.15, 0.2) is 0 Å². The number of anilines is 2. The monoisotopic (exact) mass is 429 g/mol. The molecule has 166 valence electrons. The van der Waals surface area contributed by atoms with Gasteiger partial charge in [-0.15, -0.1) is 0 Å². The third kappa shape index (κ3) is 5.98. The Labute approximate surface area is 181 Å². The predicted octanol–water partition coefficient (Wildman–Crippen LogP) is 2.83. The summed E-state index contributed by atoms with van der Waals surface area (Å²) in [5.41, 5.74) is 0.0192. The highest BCUT2D eigenvalue weighted by Crippen LogP contribution is 2.20. The molecule has 8 heteroatoms. The number of carbonyl (C=O) groups is 1. The van der Waals surface area contributed by atoms with Crippen molar-refractivity contribution >= 4 is 17.4 Å². The second kappa shape index (κ2) is 10.2. The molecule has 2 aromatic rings. The van der Waals surface area contributed by atoms with Crippen molar-refractivity contribution in [2.45, 2.75) is 12.8 Å². The van der Waals surface area contributed by atoms with Gasteiger partial charge in [-0.05, 0) is 49.6 Å². The zero-order valence-corrected chi connectivity index (χ0v) is 17.6. The molecule has 6 nitrogen and oxygen atoms in total. The number of amides is 1. The number of halogens is 2. The Balaban J connectivity index is 1.22. The summed E-state index contributed by atoms with van der Waals surface area (Å²) in [6.45, 7) is 6.94. The van der Waals surface area contributed by atoms with E-state index in [1.807, 2.05) is 18.3 Å². The van der Waals surface area contributed by atoms with Crippen molar-refractivity contribution < 1.29 is 13.6 Å². The average molecular weight is 430 g/mol. The second-order valence-electron chi connectivity index (χ2n) is 8.39. The van der Waals surface area contributed by atoms with E-state index in [0.717, 1.165) is 76.6 Å².